The molecule has 0 aliphatic heterocycles. The van der Waals surface area contributed by atoms with Crippen LogP contribution < -0.4 is 0 Å². The molecule has 1 saturated carbocycles. The van der Waals surface area contributed by atoms with E-state index in [-0.39, 0.29) is 5.41 Å². The molecule has 0 N–H and O–H groups in total. The molecule has 0 bridgehead atoms. The molecule has 2 heteroatoms. The summed E-state index contributed by atoms with van der Waals surface area (Å²) < 4.78 is 0. The Labute approximate surface area is 98.4 Å². The van der Waals surface area contributed by atoms with Gasteiger partial charge in [0, 0.05) is 17.2 Å². The Morgan fingerprint density at radius 3 is 2.00 bits per heavy atom. The molecule has 0 aromatic rings. The van der Waals surface area contributed by atoms with Crippen LogP contribution in [0.25, 0.3) is 0 Å². The van der Waals surface area contributed by atoms with Gasteiger partial charge in [0.15, 0.2) is 0 Å². The van der Waals surface area contributed by atoms with Gasteiger partial charge in [0.2, 0.25) is 0 Å². The number of hydrogen-bond acceptors (Lipinski definition) is 0. The summed E-state index contributed by atoms with van der Waals surface area (Å²) in [7, 11) is 0. The average Bonchev–Trinajstić information content (AvgIpc) is 2.67. The van der Waals surface area contributed by atoms with Crippen molar-refractivity contribution in [2.24, 2.45) is 17.3 Å². The van der Waals surface area contributed by atoms with Crippen LogP contribution in [0, 0.1) is 17.3 Å². The van der Waals surface area contributed by atoms with Gasteiger partial charge in [0.05, 0.1) is 0 Å². The molecule has 0 heterocycles. The number of hydrogen-bond donors (Lipinski definition) is 0. The Balaban J connectivity index is 2.67. The molecule has 0 aromatic heterocycles. The third-order valence-electron chi connectivity index (χ3n) is 3.57. The van der Waals surface area contributed by atoms with Crippen molar-refractivity contribution < 1.29 is 0 Å². The molecule has 14 heavy (non-hydrogen) atoms. The van der Waals surface area contributed by atoms with Crippen molar-refractivity contribution in [3.8, 4) is 0 Å². The largest absolute Gasteiger partial charge is 0.126 e. The maximum atomic E-state index is 6.16. The molecule has 0 atom stereocenters. The lowest BCUT2D eigenvalue weighted by atomic mass is 9.72. The van der Waals surface area contributed by atoms with Gasteiger partial charge in [0.1, 0.15) is 0 Å². The lowest BCUT2D eigenvalue weighted by Gasteiger charge is -2.37. The normalized spacial score (nSPS) is 19.5. The molecule has 0 spiro atoms. The van der Waals surface area contributed by atoms with Crippen molar-refractivity contribution in [1.82, 2.24) is 0 Å². The van der Waals surface area contributed by atoms with E-state index in [1.54, 1.807) is 0 Å². The van der Waals surface area contributed by atoms with Gasteiger partial charge in [0.25, 0.3) is 0 Å². The van der Waals surface area contributed by atoms with Gasteiger partial charge >= 0.3 is 0 Å². The first-order valence-corrected chi connectivity index (χ1v) is 6.83. The predicted octanol–water partition coefficient (Wildman–Crippen LogP) is 4.69. The Kier molecular flexibility index (Phi) is 5.06. The Hall–Kier alpha value is 0.580. The SMILES string of the molecule is CC(C)CC(CCl)(CCl)C1CCCC1. The minimum Gasteiger partial charge on any atom is -0.126 e. The quantitative estimate of drug-likeness (QED) is 0.608. The summed E-state index contributed by atoms with van der Waals surface area (Å²) in [5.41, 5.74) is 0.216. The molecule has 1 aliphatic rings. The van der Waals surface area contributed by atoms with Crippen molar-refractivity contribution in [2.75, 3.05) is 11.8 Å². The zero-order chi connectivity index (χ0) is 10.6. The summed E-state index contributed by atoms with van der Waals surface area (Å²) in [5, 5.41) is 0. The lowest BCUT2D eigenvalue weighted by Crippen LogP contribution is -2.34. The summed E-state index contributed by atoms with van der Waals surface area (Å²) in [5.74, 6) is 2.95. The van der Waals surface area contributed by atoms with Crippen LogP contribution >= 0.6 is 23.2 Å². The first-order valence-electron chi connectivity index (χ1n) is 5.76. The van der Waals surface area contributed by atoms with E-state index in [0.717, 1.165) is 17.7 Å². The molecule has 0 aromatic carbocycles. The fraction of sp³-hybridized carbons (Fsp3) is 1.00. The first-order chi connectivity index (χ1) is 6.64. The van der Waals surface area contributed by atoms with Crippen molar-refractivity contribution in [2.45, 2.75) is 46.0 Å². The maximum absolute atomic E-state index is 6.16. The highest BCUT2D eigenvalue weighted by molar-refractivity contribution is 6.21. The summed E-state index contributed by atoms with van der Waals surface area (Å²) in [6.07, 6.45) is 6.61. The van der Waals surface area contributed by atoms with Crippen molar-refractivity contribution in [3.05, 3.63) is 0 Å². The smallest absolute Gasteiger partial charge is 0.0294 e. The Morgan fingerprint density at radius 2 is 1.64 bits per heavy atom. The fourth-order valence-electron chi connectivity index (χ4n) is 2.88. The third-order valence-corrected chi connectivity index (χ3v) is 4.63. The van der Waals surface area contributed by atoms with E-state index in [2.05, 4.69) is 13.8 Å². The van der Waals surface area contributed by atoms with E-state index in [1.165, 1.54) is 32.1 Å². The zero-order valence-electron chi connectivity index (χ0n) is 9.36. The fourth-order valence-corrected chi connectivity index (χ4v) is 3.82. The van der Waals surface area contributed by atoms with E-state index in [4.69, 9.17) is 23.2 Å². The Bertz CT molecular complexity index is 156. The molecule has 0 amide bonds. The molecule has 0 unspecified atom stereocenters. The molecule has 0 radical (unpaired) electrons. The summed E-state index contributed by atoms with van der Waals surface area (Å²) in [6.45, 7) is 4.53. The standard InChI is InChI=1S/C12H22Cl2/c1-10(2)7-12(8-13,9-14)11-5-3-4-6-11/h10-11H,3-9H2,1-2H3. The average molecular weight is 237 g/mol. The molecule has 1 aliphatic carbocycles. The van der Waals surface area contributed by atoms with Gasteiger partial charge in [-0.3, -0.25) is 0 Å². The van der Waals surface area contributed by atoms with Crippen LogP contribution in [0.3, 0.4) is 0 Å². The first kappa shape index (κ1) is 12.6. The second-order valence-electron chi connectivity index (χ2n) is 5.21. The molecule has 1 rings (SSSR count). The van der Waals surface area contributed by atoms with Crippen LogP contribution in [0.4, 0.5) is 0 Å². The van der Waals surface area contributed by atoms with Crippen molar-refractivity contribution in [3.63, 3.8) is 0 Å². The summed E-state index contributed by atoms with van der Waals surface area (Å²) in [4.78, 5) is 0. The molecule has 0 nitrogen and oxygen atoms in total. The van der Waals surface area contributed by atoms with Crippen molar-refractivity contribution >= 4 is 23.2 Å². The zero-order valence-corrected chi connectivity index (χ0v) is 10.9. The van der Waals surface area contributed by atoms with Crippen LogP contribution in [-0.2, 0) is 0 Å². The van der Waals surface area contributed by atoms with E-state index in [1.807, 2.05) is 0 Å². The molecular weight excluding hydrogens is 215 g/mol. The second-order valence-corrected chi connectivity index (χ2v) is 5.74. The lowest BCUT2D eigenvalue weighted by molar-refractivity contribution is 0.183. The van der Waals surface area contributed by atoms with Gasteiger partial charge < -0.3 is 0 Å². The van der Waals surface area contributed by atoms with E-state index in [9.17, 15) is 0 Å². The second kappa shape index (κ2) is 5.61. The number of alkyl halides is 2. The van der Waals surface area contributed by atoms with Gasteiger partial charge in [-0.15, -0.1) is 23.2 Å². The van der Waals surface area contributed by atoms with Crippen LogP contribution in [-0.4, -0.2) is 11.8 Å². The monoisotopic (exact) mass is 236 g/mol. The van der Waals surface area contributed by atoms with Gasteiger partial charge in [-0.1, -0.05) is 26.7 Å². The van der Waals surface area contributed by atoms with E-state index < -0.39 is 0 Å². The molecule has 0 saturated heterocycles. The van der Waals surface area contributed by atoms with Crippen LogP contribution in [0.15, 0.2) is 0 Å². The van der Waals surface area contributed by atoms with Crippen LogP contribution in [0.5, 0.6) is 0 Å². The van der Waals surface area contributed by atoms with Crippen LogP contribution in [0.2, 0.25) is 0 Å². The maximum Gasteiger partial charge on any atom is 0.0294 e. The molecule has 84 valence electrons. The van der Waals surface area contributed by atoms with E-state index >= 15 is 0 Å². The highest BCUT2D eigenvalue weighted by Gasteiger charge is 2.39. The topological polar surface area (TPSA) is 0 Å². The van der Waals surface area contributed by atoms with Gasteiger partial charge in [-0.05, 0) is 31.1 Å². The third kappa shape index (κ3) is 2.79. The van der Waals surface area contributed by atoms with Gasteiger partial charge in [-0.25, -0.2) is 0 Å². The predicted molar refractivity (Wildman–Crippen MR) is 65.3 cm³/mol. The minimum absolute atomic E-state index is 0.216. The summed E-state index contributed by atoms with van der Waals surface area (Å²) in [6, 6.07) is 0. The minimum atomic E-state index is 0.216. The van der Waals surface area contributed by atoms with Gasteiger partial charge in [-0.2, -0.15) is 0 Å². The Morgan fingerprint density at radius 1 is 1.14 bits per heavy atom. The summed E-state index contributed by atoms with van der Waals surface area (Å²) >= 11 is 12.3. The highest BCUT2D eigenvalue weighted by atomic mass is 35.5. The van der Waals surface area contributed by atoms with E-state index in [0.29, 0.717) is 5.92 Å². The molecular formula is C12H22Cl2. The number of rotatable bonds is 5. The number of halogens is 2. The highest BCUT2D eigenvalue weighted by Crippen LogP contribution is 2.45. The van der Waals surface area contributed by atoms with Crippen molar-refractivity contribution in [1.29, 1.82) is 0 Å². The van der Waals surface area contributed by atoms with Crippen LogP contribution in [0.1, 0.15) is 46.0 Å². The molecule has 1 fully saturated rings.